The van der Waals surface area contributed by atoms with Crippen LogP contribution in [0.15, 0.2) is 64.8 Å². The third kappa shape index (κ3) is 7.46. The standard InChI is InChI=1S/C30H38N8O4/c1-19(11-13-33-14-12-31)41-27(38-32)24-17-35-29(36-22-9-10-23-25(15-22)30(2,3)42-28(23)40)37-26(24)34-16-21(18-39)20-7-5-4-6-8-20/h4-10,15-17,19,21,33,39H,11-14,18,31-32H2,1-3H3,(H,35,36,37)/b34-16?,38-27-. The average Bonchev–Trinajstić information content (AvgIpc) is 3.22. The smallest absolute Gasteiger partial charge is 0.339 e. The number of nitrogens with two attached hydrogens (primary N) is 2. The summed E-state index contributed by atoms with van der Waals surface area (Å²) in [7, 11) is 0. The van der Waals surface area contributed by atoms with Crippen molar-refractivity contribution in [2.45, 2.75) is 44.8 Å². The number of nitrogens with zero attached hydrogens (tertiary/aromatic N) is 4. The van der Waals surface area contributed by atoms with Crippen molar-refractivity contribution in [2.75, 3.05) is 31.6 Å². The lowest BCUT2D eigenvalue weighted by Crippen LogP contribution is -2.27. The summed E-state index contributed by atoms with van der Waals surface area (Å²) in [5.41, 5.74) is 8.04. The summed E-state index contributed by atoms with van der Waals surface area (Å²) in [6, 6.07) is 14.9. The molecule has 0 saturated heterocycles. The molecule has 2 heterocycles. The fraction of sp³-hybridized carbons (Fsp3) is 0.367. The van der Waals surface area contributed by atoms with E-state index in [0.29, 0.717) is 42.9 Å². The Hall–Kier alpha value is -4.39. The molecule has 0 amide bonds. The van der Waals surface area contributed by atoms with E-state index in [1.165, 1.54) is 6.20 Å². The molecule has 1 aliphatic heterocycles. The van der Waals surface area contributed by atoms with Gasteiger partial charge in [0.05, 0.1) is 18.3 Å². The van der Waals surface area contributed by atoms with E-state index in [2.05, 4.69) is 30.7 Å². The highest BCUT2D eigenvalue weighted by Crippen LogP contribution is 2.37. The maximum Gasteiger partial charge on any atom is 0.339 e. The topological polar surface area (TPSA) is 182 Å². The monoisotopic (exact) mass is 574 g/mol. The van der Waals surface area contributed by atoms with Crippen LogP contribution < -0.4 is 22.2 Å². The summed E-state index contributed by atoms with van der Waals surface area (Å²) in [5, 5.41) is 20.3. The Morgan fingerprint density at radius 3 is 2.71 bits per heavy atom. The number of fused-ring (bicyclic) bond motifs is 1. The largest absolute Gasteiger partial charge is 0.473 e. The lowest BCUT2D eigenvalue weighted by atomic mass is 9.95. The number of rotatable bonds is 13. The molecule has 0 fully saturated rings. The number of hydrogen-bond donors (Lipinski definition) is 5. The number of hydrogen-bond acceptors (Lipinski definition) is 12. The number of aliphatic hydroxyl groups is 1. The van der Waals surface area contributed by atoms with Crippen molar-refractivity contribution in [3.8, 4) is 0 Å². The number of aliphatic imine (C=N–C) groups is 1. The number of hydrazone groups is 1. The molecule has 12 heteroatoms. The number of nitrogens with one attached hydrogen (secondary N) is 2. The highest BCUT2D eigenvalue weighted by molar-refractivity contribution is 5.98. The minimum absolute atomic E-state index is 0.134. The van der Waals surface area contributed by atoms with Gasteiger partial charge in [0.25, 0.3) is 0 Å². The molecule has 12 nitrogen and oxygen atoms in total. The van der Waals surface area contributed by atoms with Gasteiger partial charge in [-0.2, -0.15) is 4.98 Å². The summed E-state index contributed by atoms with van der Waals surface area (Å²) < 4.78 is 11.5. The number of carbonyl (C=O) groups excluding carboxylic acids is 1. The van der Waals surface area contributed by atoms with Gasteiger partial charge in [-0.05, 0) is 57.5 Å². The maximum absolute atomic E-state index is 12.2. The van der Waals surface area contributed by atoms with E-state index in [1.807, 2.05) is 57.2 Å². The summed E-state index contributed by atoms with van der Waals surface area (Å²) in [5.74, 6) is 5.67. The number of esters is 1. The molecule has 0 aliphatic carbocycles. The number of carbonyl (C=O) groups is 1. The van der Waals surface area contributed by atoms with E-state index in [9.17, 15) is 9.90 Å². The van der Waals surface area contributed by atoms with E-state index >= 15 is 0 Å². The van der Waals surface area contributed by atoms with E-state index in [0.717, 1.165) is 11.1 Å². The molecule has 2 aromatic carbocycles. The van der Waals surface area contributed by atoms with E-state index < -0.39 is 5.60 Å². The normalized spacial score (nSPS) is 15.7. The van der Waals surface area contributed by atoms with Gasteiger partial charge < -0.3 is 36.8 Å². The second kappa shape index (κ2) is 14.0. The Labute approximate surface area is 245 Å². The highest BCUT2D eigenvalue weighted by atomic mass is 16.6. The molecule has 1 aliphatic rings. The van der Waals surface area contributed by atoms with Gasteiger partial charge in [-0.3, -0.25) is 0 Å². The molecule has 3 aromatic rings. The Kier molecular flexibility index (Phi) is 10.2. The van der Waals surface area contributed by atoms with Crippen LogP contribution >= 0.6 is 0 Å². The van der Waals surface area contributed by atoms with Gasteiger partial charge in [0.2, 0.25) is 11.8 Å². The predicted octanol–water partition coefficient (Wildman–Crippen LogP) is 3.07. The van der Waals surface area contributed by atoms with Crippen LogP contribution in [0, 0.1) is 0 Å². The van der Waals surface area contributed by atoms with Crippen LogP contribution in [0.2, 0.25) is 0 Å². The first-order valence-corrected chi connectivity index (χ1v) is 13.8. The molecular weight excluding hydrogens is 536 g/mol. The maximum atomic E-state index is 12.2. The molecule has 0 radical (unpaired) electrons. The predicted molar refractivity (Wildman–Crippen MR) is 162 cm³/mol. The molecule has 0 spiro atoms. The number of anilines is 2. The molecule has 0 saturated carbocycles. The first kappa shape index (κ1) is 30.6. The first-order valence-electron chi connectivity index (χ1n) is 13.8. The molecule has 0 bridgehead atoms. The summed E-state index contributed by atoms with van der Waals surface area (Å²) >= 11 is 0. The lowest BCUT2D eigenvalue weighted by Gasteiger charge is -2.18. The second-order valence-corrected chi connectivity index (χ2v) is 10.4. The number of aliphatic hydroxyl groups excluding tert-OH is 1. The van der Waals surface area contributed by atoms with Gasteiger partial charge >= 0.3 is 5.97 Å². The lowest BCUT2D eigenvalue weighted by molar-refractivity contribution is 0.00954. The molecule has 7 N–H and O–H groups in total. The van der Waals surface area contributed by atoms with Crippen LogP contribution in [0.25, 0.3) is 0 Å². The summed E-state index contributed by atoms with van der Waals surface area (Å²) in [4.78, 5) is 25.9. The van der Waals surface area contributed by atoms with Crippen LogP contribution in [0.4, 0.5) is 17.5 Å². The fourth-order valence-corrected chi connectivity index (χ4v) is 4.50. The minimum atomic E-state index is -0.749. The van der Waals surface area contributed by atoms with Crippen molar-refractivity contribution in [3.05, 3.63) is 77.0 Å². The Morgan fingerprint density at radius 1 is 1.21 bits per heavy atom. The highest BCUT2D eigenvalue weighted by Gasteiger charge is 2.37. The number of aromatic nitrogens is 2. The van der Waals surface area contributed by atoms with Crippen molar-refractivity contribution in [1.29, 1.82) is 0 Å². The second-order valence-electron chi connectivity index (χ2n) is 10.4. The zero-order valence-electron chi connectivity index (χ0n) is 24.1. The Morgan fingerprint density at radius 2 is 2.00 bits per heavy atom. The van der Waals surface area contributed by atoms with Gasteiger partial charge in [-0.1, -0.05) is 30.3 Å². The molecule has 2 unspecified atom stereocenters. The van der Waals surface area contributed by atoms with Gasteiger partial charge in [-0.15, -0.1) is 5.10 Å². The van der Waals surface area contributed by atoms with Crippen molar-refractivity contribution >= 4 is 35.5 Å². The van der Waals surface area contributed by atoms with Crippen molar-refractivity contribution < 1.29 is 19.4 Å². The number of benzene rings is 2. The third-order valence-electron chi connectivity index (χ3n) is 6.77. The van der Waals surface area contributed by atoms with E-state index in [-0.39, 0.29) is 42.3 Å². The van der Waals surface area contributed by atoms with Crippen LogP contribution in [0.3, 0.4) is 0 Å². The summed E-state index contributed by atoms with van der Waals surface area (Å²) in [6.07, 6.45) is 3.63. The SMILES string of the molecule is CC(CCNCCN)O/C(=N\N)c1cnc(Nc2ccc3c(c2)C(C)(C)OC3=O)nc1N=CC(CO)c1ccccc1. The molecule has 4 rings (SSSR count). The molecule has 222 valence electrons. The van der Waals surface area contributed by atoms with Crippen LogP contribution in [-0.2, 0) is 15.1 Å². The van der Waals surface area contributed by atoms with Crippen LogP contribution in [0.5, 0.6) is 0 Å². The van der Waals surface area contributed by atoms with E-state index in [4.69, 9.17) is 21.1 Å². The Balaban J connectivity index is 1.64. The first-order chi connectivity index (χ1) is 20.2. The molecule has 42 heavy (non-hydrogen) atoms. The summed E-state index contributed by atoms with van der Waals surface area (Å²) in [6.45, 7) is 7.42. The van der Waals surface area contributed by atoms with Crippen molar-refractivity contribution in [2.24, 2.45) is 21.7 Å². The van der Waals surface area contributed by atoms with Gasteiger partial charge in [0, 0.05) is 42.7 Å². The zero-order valence-corrected chi connectivity index (χ0v) is 24.1. The Bertz CT molecular complexity index is 1430. The number of ether oxygens (including phenoxy) is 2. The van der Waals surface area contributed by atoms with Crippen molar-refractivity contribution in [3.63, 3.8) is 0 Å². The van der Waals surface area contributed by atoms with Crippen LogP contribution in [-0.4, -0.2) is 65.5 Å². The minimum Gasteiger partial charge on any atom is -0.473 e. The van der Waals surface area contributed by atoms with Gasteiger partial charge in [-0.25, -0.2) is 14.8 Å². The molecule has 1 aromatic heterocycles. The van der Waals surface area contributed by atoms with Gasteiger partial charge in [0.1, 0.15) is 11.2 Å². The number of cyclic esters (lactones) is 1. The van der Waals surface area contributed by atoms with E-state index in [1.54, 1.807) is 18.3 Å². The van der Waals surface area contributed by atoms with Crippen molar-refractivity contribution in [1.82, 2.24) is 15.3 Å². The average molecular weight is 575 g/mol. The zero-order chi connectivity index (χ0) is 30.1. The quantitative estimate of drug-likeness (QED) is 0.0508. The third-order valence-corrected chi connectivity index (χ3v) is 6.77. The van der Waals surface area contributed by atoms with Gasteiger partial charge in [0.15, 0.2) is 5.82 Å². The molecule has 2 atom stereocenters. The molecular formula is C30H38N8O4. The fourth-order valence-electron chi connectivity index (χ4n) is 4.50. The van der Waals surface area contributed by atoms with Crippen LogP contribution in [0.1, 0.15) is 60.2 Å².